The topological polar surface area (TPSA) is 24.9 Å². The van der Waals surface area contributed by atoms with Crippen molar-refractivity contribution in [1.82, 2.24) is 10.3 Å². The highest BCUT2D eigenvalue weighted by atomic mass is 35.5. The van der Waals surface area contributed by atoms with Crippen LogP contribution in [0.2, 0.25) is 5.15 Å². The van der Waals surface area contributed by atoms with E-state index < -0.39 is 0 Å². The Morgan fingerprint density at radius 3 is 2.93 bits per heavy atom. The van der Waals surface area contributed by atoms with Crippen molar-refractivity contribution in [3.63, 3.8) is 0 Å². The zero-order valence-electron chi connectivity index (χ0n) is 8.42. The Morgan fingerprint density at radius 1 is 1.40 bits per heavy atom. The molecule has 1 unspecified atom stereocenters. The van der Waals surface area contributed by atoms with Gasteiger partial charge in [0.05, 0.1) is 5.52 Å². The Bertz CT molecular complexity index is 499. The molecule has 0 aliphatic heterocycles. The van der Waals surface area contributed by atoms with Gasteiger partial charge in [-0.3, -0.25) is 0 Å². The molecule has 0 saturated heterocycles. The predicted octanol–water partition coefficient (Wildman–Crippen LogP) is 2.11. The summed E-state index contributed by atoms with van der Waals surface area (Å²) in [6.45, 7) is 0.845. The standard InChI is InChI=1S/C11H12ClN2P/c1-13-6-7-2-3-8-5-10(15)11(12)14-9(8)4-7/h2-5,13H,6,15H2,1H3. The second kappa shape index (κ2) is 4.44. The highest BCUT2D eigenvalue weighted by molar-refractivity contribution is 7.28. The lowest BCUT2D eigenvalue weighted by Crippen LogP contribution is -2.05. The van der Waals surface area contributed by atoms with Crippen LogP contribution in [0, 0.1) is 0 Å². The molecule has 0 aliphatic rings. The fourth-order valence-corrected chi connectivity index (χ4v) is 1.91. The Labute approximate surface area is 96.2 Å². The van der Waals surface area contributed by atoms with Crippen molar-refractivity contribution in [3.05, 3.63) is 35.0 Å². The van der Waals surface area contributed by atoms with Crippen LogP contribution in [-0.2, 0) is 6.54 Å². The molecule has 1 aromatic heterocycles. The molecule has 0 fully saturated rings. The normalized spacial score (nSPS) is 10.9. The van der Waals surface area contributed by atoms with E-state index in [1.165, 1.54) is 5.56 Å². The number of hydrogen-bond donors (Lipinski definition) is 1. The van der Waals surface area contributed by atoms with Gasteiger partial charge in [-0.05, 0) is 24.7 Å². The Kier molecular flexibility index (Phi) is 3.20. The summed E-state index contributed by atoms with van der Waals surface area (Å²) in [5.74, 6) is 0. The van der Waals surface area contributed by atoms with Gasteiger partial charge in [0.1, 0.15) is 5.15 Å². The van der Waals surface area contributed by atoms with Crippen LogP contribution in [0.15, 0.2) is 24.3 Å². The van der Waals surface area contributed by atoms with E-state index in [-0.39, 0.29) is 0 Å². The quantitative estimate of drug-likeness (QED) is 0.640. The van der Waals surface area contributed by atoms with Crippen molar-refractivity contribution in [1.29, 1.82) is 0 Å². The summed E-state index contributed by atoms with van der Waals surface area (Å²) >= 11 is 5.97. The van der Waals surface area contributed by atoms with Gasteiger partial charge in [-0.2, -0.15) is 0 Å². The number of pyridine rings is 1. The van der Waals surface area contributed by atoms with Crippen LogP contribution in [0.4, 0.5) is 0 Å². The fraction of sp³-hybridized carbons (Fsp3) is 0.182. The number of aromatic nitrogens is 1. The summed E-state index contributed by atoms with van der Waals surface area (Å²) in [6, 6.07) is 8.25. The first-order valence-corrected chi connectivity index (χ1v) is 5.65. The molecule has 2 nitrogen and oxygen atoms in total. The van der Waals surface area contributed by atoms with Gasteiger partial charge in [0.15, 0.2) is 0 Å². The lowest BCUT2D eigenvalue weighted by molar-refractivity contribution is 0.819. The van der Waals surface area contributed by atoms with Crippen molar-refractivity contribution < 1.29 is 0 Å². The maximum Gasteiger partial charge on any atom is 0.136 e. The number of fused-ring (bicyclic) bond motifs is 1. The van der Waals surface area contributed by atoms with Gasteiger partial charge in [-0.1, -0.05) is 23.7 Å². The van der Waals surface area contributed by atoms with Crippen LogP contribution in [0.25, 0.3) is 10.9 Å². The first-order valence-electron chi connectivity index (χ1n) is 4.70. The van der Waals surface area contributed by atoms with Crippen LogP contribution >= 0.6 is 20.8 Å². The molecule has 1 atom stereocenters. The molecular formula is C11H12ClN2P. The summed E-state index contributed by atoms with van der Waals surface area (Å²) in [4.78, 5) is 4.33. The molecule has 0 bridgehead atoms. The third-order valence-corrected chi connectivity index (χ3v) is 3.17. The van der Waals surface area contributed by atoms with E-state index in [9.17, 15) is 0 Å². The molecule has 0 spiro atoms. The largest absolute Gasteiger partial charge is 0.316 e. The summed E-state index contributed by atoms with van der Waals surface area (Å²) in [5, 5.41) is 5.71. The maximum atomic E-state index is 5.97. The molecule has 0 radical (unpaired) electrons. The number of hydrogen-bond acceptors (Lipinski definition) is 2. The van der Waals surface area contributed by atoms with E-state index in [1.807, 2.05) is 13.1 Å². The summed E-state index contributed by atoms with van der Waals surface area (Å²) in [5.41, 5.74) is 2.16. The van der Waals surface area contributed by atoms with E-state index in [2.05, 4.69) is 37.7 Å². The van der Waals surface area contributed by atoms with E-state index >= 15 is 0 Å². The van der Waals surface area contributed by atoms with Crippen molar-refractivity contribution in [3.8, 4) is 0 Å². The number of benzene rings is 1. The van der Waals surface area contributed by atoms with Crippen LogP contribution < -0.4 is 10.6 Å². The maximum absolute atomic E-state index is 5.97. The lowest BCUT2D eigenvalue weighted by Gasteiger charge is -2.04. The smallest absolute Gasteiger partial charge is 0.136 e. The molecule has 1 N–H and O–H groups in total. The van der Waals surface area contributed by atoms with Crippen molar-refractivity contribution in [2.75, 3.05) is 7.05 Å². The highest BCUT2D eigenvalue weighted by Gasteiger charge is 2.01. The van der Waals surface area contributed by atoms with Gasteiger partial charge in [0.25, 0.3) is 0 Å². The SMILES string of the molecule is CNCc1ccc2cc(P)c(Cl)nc2c1. The van der Waals surface area contributed by atoms with Crippen LogP contribution in [0.5, 0.6) is 0 Å². The average Bonchev–Trinajstić information content (AvgIpc) is 2.21. The van der Waals surface area contributed by atoms with Crippen LogP contribution in [0.3, 0.4) is 0 Å². The fourth-order valence-electron chi connectivity index (χ4n) is 1.52. The minimum absolute atomic E-state index is 0.550. The Balaban J connectivity index is 2.56. The first kappa shape index (κ1) is 10.8. The minimum Gasteiger partial charge on any atom is -0.316 e. The summed E-state index contributed by atoms with van der Waals surface area (Å²) in [7, 11) is 4.51. The Hall–Kier alpha value is -0.690. The summed E-state index contributed by atoms with van der Waals surface area (Å²) < 4.78 is 0. The van der Waals surface area contributed by atoms with Crippen LogP contribution in [-0.4, -0.2) is 12.0 Å². The van der Waals surface area contributed by atoms with Gasteiger partial charge < -0.3 is 5.32 Å². The summed E-state index contributed by atoms with van der Waals surface area (Å²) in [6.07, 6.45) is 0. The molecule has 78 valence electrons. The monoisotopic (exact) mass is 238 g/mol. The van der Waals surface area contributed by atoms with E-state index in [0.29, 0.717) is 5.15 Å². The number of rotatable bonds is 2. The van der Waals surface area contributed by atoms with Crippen LogP contribution in [0.1, 0.15) is 5.56 Å². The molecule has 2 aromatic rings. The van der Waals surface area contributed by atoms with Gasteiger partial charge in [0, 0.05) is 17.2 Å². The molecule has 2 rings (SSSR count). The molecule has 0 aliphatic carbocycles. The molecule has 1 aromatic carbocycles. The second-order valence-electron chi connectivity index (χ2n) is 3.43. The lowest BCUT2D eigenvalue weighted by atomic mass is 10.1. The Morgan fingerprint density at radius 2 is 2.20 bits per heavy atom. The third kappa shape index (κ3) is 2.28. The van der Waals surface area contributed by atoms with Crippen molar-refractivity contribution >= 4 is 37.0 Å². The third-order valence-electron chi connectivity index (χ3n) is 2.24. The molecule has 15 heavy (non-hydrogen) atoms. The van der Waals surface area contributed by atoms with Crippen molar-refractivity contribution in [2.24, 2.45) is 0 Å². The molecule has 0 saturated carbocycles. The zero-order chi connectivity index (χ0) is 10.8. The first-order chi connectivity index (χ1) is 7.20. The van der Waals surface area contributed by atoms with Crippen molar-refractivity contribution in [2.45, 2.75) is 6.54 Å². The molecular weight excluding hydrogens is 227 g/mol. The molecule has 0 amide bonds. The van der Waals surface area contributed by atoms with Gasteiger partial charge in [-0.15, -0.1) is 9.24 Å². The number of nitrogens with zero attached hydrogens (tertiary/aromatic N) is 1. The predicted molar refractivity (Wildman–Crippen MR) is 68.9 cm³/mol. The highest BCUT2D eigenvalue weighted by Crippen LogP contribution is 2.17. The number of nitrogens with one attached hydrogen (secondary N) is 1. The average molecular weight is 239 g/mol. The van der Waals surface area contributed by atoms with E-state index in [4.69, 9.17) is 11.6 Å². The van der Waals surface area contributed by atoms with Gasteiger partial charge in [0.2, 0.25) is 0 Å². The molecule has 4 heteroatoms. The van der Waals surface area contributed by atoms with E-state index in [0.717, 1.165) is 22.8 Å². The number of halogens is 1. The second-order valence-corrected chi connectivity index (χ2v) is 4.41. The minimum atomic E-state index is 0.550. The molecule has 1 heterocycles. The van der Waals surface area contributed by atoms with Gasteiger partial charge >= 0.3 is 0 Å². The zero-order valence-corrected chi connectivity index (χ0v) is 10.3. The van der Waals surface area contributed by atoms with Gasteiger partial charge in [-0.25, -0.2) is 4.98 Å². The van der Waals surface area contributed by atoms with E-state index in [1.54, 1.807) is 0 Å².